The molecule has 0 aromatic heterocycles. The van der Waals surface area contributed by atoms with Crippen molar-refractivity contribution in [3.8, 4) is 11.1 Å². The SMILES string of the molecule is CC1(C)c2cc3ccc4ccccc4c3cc2-c2ccc3ccccc3c21. The minimum absolute atomic E-state index is 0.00532. The van der Waals surface area contributed by atoms with Crippen LogP contribution >= 0.6 is 0 Å². The Morgan fingerprint density at radius 1 is 0.519 bits per heavy atom. The molecular weight excluding hydrogens is 324 g/mol. The highest BCUT2D eigenvalue weighted by molar-refractivity contribution is 6.10. The maximum atomic E-state index is 2.43. The first-order valence-electron chi connectivity index (χ1n) is 9.63. The van der Waals surface area contributed by atoms with Crippen molar-refractivity contribution in [1.29, 1.82) is 0 Å². The molecule has 0 N–H and O–H groups in total. The second kappa shape index (κ2) is 4.98. The van der Waals surface area contributed by atoms with Gasteiger partial charge in [0.05, 0.1) is 0 Å². The van der Waals surface area contributed by atoms with Gasteiger partial charge in [0.1, 0.15) is 0 Å². The number of hydrogen-bond acceptors (Lipinski definition) is 0. The molecule has 1 aliphatic carbocycles. The van der Waals surface area contributed by atoms with Crippen molar-refractivity contribution < 1.29 is 0 Å². The lowest BCUT2D eigenvalue weighted by atomic mass is 9.79. The zero-order valence-electron chi connectivity index (χ0n) is 15.6. The Bertz CT molecular complexity index is 1390. The van der Waals surface area contributed by atoms with Gasteiger partial charge in [-0.3, -0.25) is 0 Å². The van der Waals surface area contributed by atoms with Crippen LogP contribution in [0.3, 0.4) is 0 Å². The largest absolute Gasteiger partial charge is 0.0616 e. The summed E-state index contributed by atoms with van der Waals surface area (Å²) in [5.74, 6) is 0. The van der Waals surface area contributed by atoms with Crippen LogP contribution in [-0.4, -0.2) is 0 Å². The maximum Gasteiger partial charge on any atom is 0.0165 e. The Morgan fingerprint density at radius 2 is 1.15 bits per heavy atom. The van der Waals surface area contributed by atoms with E-state index in [1.165, 1.54) is 54.6 Å². The first-order chi connectivity index (χ1) is 13.1. The molecule has 1 aliphatic rings. The van der Waals surface area contributed by atoms with E-state index in [4.69, 9.17) is 0 Å². The number of fused-ring (bicyclic) bond motifs is 8. The zero-order chi connectivity index (χ0) is 18.2. The van der Waals surface area contributed by atoms with Crippen LogP contribution in [0, 0.1) is 0 Å². The fourth-order valence-corrected chi connectivity index (χ4v) is 5.10. The maximum absolute atomic E-state index is 2.43. The molecule has 0 bridgehead atoms. The van der Waals surface area contributed by atoms with E-state index in [0.717, 1.165) is 0 Å². The van der Waals surface area contributed by atoms with Crippen molar-refractivity contribution in [3.05, 3.63) is 96.1 Å². The number of hydrogen-bond donors (Lipinski definition) is 0. The molecule has 0 fully saturated rings. The lowest BCUT2D eigenvalue weighted by Gasteiger charge is -2.23. The molecule has 0 heterocycles. The van der Waals surface area contributed by atoms with Gasteiger partial charge in [0.2, 0.25) is 0 Å². The molecule has 0 spiro atoms. The zero-order valence-corrected chi connectivity index (χ0v) is 15.6. The second-order valence-electron chi connectivity index (χ2n) is 8.24. The van der Waals surface area contributed by atoms with Crippen molar-refractivity contribution in [3.63, 3.8) is 0 Å². The highest BCUT2D eigenvalue weighted by Gasteiger charge is 2.37. The topological polar surface area (TPSA) is 0 Å². The number of rotatable bonds is 0. The molecule has 0 amide bonds. The molecule has 27 heavy (non-hydrogen) atoms. The van der Waals surface area contributed by atoms with Gasteiger partial charge >= 0.3 is 0 Å². The minimum Gasteiger partial charge on any atom is -0.0616 e. The van der Waals surface area contributed by atoms with Gasteiger partial charge in [-0.05, 0) is 66.7 Å². The molecular formula is C27H20. The normalized spacial score (nSPS) is 14.6. The highest BCUT2D eigenvalue weighted by atomic mass is 14.4. The molecule has 0 saturated carbocycles. The highest BCUT2D eigenvalue weighted by Crippen LogP contribution is 2.52. The summed E-state index contributed by atoms with van der Waals surface area (Å²) in [4.78, 5) is 0. The third-order valence-corrected chi connectivity index (χ3v) is 6.40. The molecule has 0 atom stereocenters. The van der Waals surface area contributed by atoms with E-state index in [-0.39, 0.29) is 5.41 Å². The van der Waals surface area contributed by atoms with E-state index in [1.807, 2.05) is 0 Å². The van der Waals surface area contributed by atoms with E-state index in [1.54, 1.807) is 0 Å². The van der Waals surface area contributed by atoms with Crippen LogP contribution in [0.2, 0.25) is 0 Å². The molecule has 0 saturated heterocycles. The van der Waals surface area contributed by atoms with Gasteiger partial charge in [-0.2, -0.15) is 0 Å². The fourth-order valence-electron chi connectivity index (χ4n) is 5.10. The molecule has 0 radical (unpaired) electrons. The predicted octanol–water partition coefficient (Wildman–Crippen LogP) is 7.45. The molecule has 5 aromatic rings. The van der Waals surface area contributed by atoms with Crippen molar-refractivity contribution in [1.82, 2.24) is 0 Å². The first kappa shape index (κ1) is 15.0. The van der Waals surface area contributed by atoms with Crippen LogP contribution in [0.1, 0.15) is 25.0 Å². The Balaban J connectivity index is 1.78. The van der Waals surface area contributed by atoms with Crippen molar-refractivity contribution in [2.24, 2.45) is 0 Å². The van der Waals surface area contributed by atoms with Crippen LogP contribution in [0.4, 0.5) is 0 Å². The third kappa shape index (κ3) is 1.88. The van der Waals surface area contributed by atoms with Crippen molar-refractivity contribution >= 4 is 32.3 Å². The minimum atomic E-state index is 0.00532. The van der Waals surface area contributed by atoms with Gasteiger partial charge in [-0.1, -0.05) is 86.6 Å². The summed E-state index contributed by atoms with van der Waals surface area (Å²) in [6.45, 7) is 4.74. The average Bonchev–Trinajstić information content (AvgIpc) is 2.93. The average molecular weight is 344 g/mol. The summed E-state index contributed by atoms with van der Waals surface area (Å²) < 4.78 is 0. The van der Waals surface area contributed by atoms with Gasteiger partial charge in [-0.25, -0.2) is 0 Å². The standard InChI is InChI=1S/C27H20/c1-27(2)25-15-19-12-11-17-7-3-5-9-20(17)23(19)16-24(25)22-14-13-18-8-4-6-10-21(18)26(22)27/h3-16H,1-2H3. The Kier molecular flexibility index (Phi) is 2.77. The first-order valence-corrected chi connectivity index (χ1v) is 9.63. The van der Waals surface area contributed by atoms with Crippen LogP contribution in [0.15, 0.2) is 84.9 Å². The summed E-state index contributed by atoms with van der Waals surface area (Å²) in [5, 5.41) is 8.03. The molecule has 128 valence electrons. The van der Waals surface area contributed by atoms with Crippen LogP contribution in [0.5, 0.6) is 0 Å². The van der Waals surface area contributed by atoms with Crippen LogP contribution in [-0.2, 0) is 5.41 Å². The smallest absolute Gasteiger partial charge is 0.0165 e. The lowest BCUT2D eigenvalue weighted by Crippen LogP contribution is -2.15. The van der Waals surface area contributed by atoms with Crippen LogP contribution < -0.4 is 0 Å². The second-order valence-corrected chi connectivity index (χ2v) is 8.24. The fraction of sp³-hybridized carbons (Fsp3) is 0.111. The van der Waals surface area contributed by atoms with Gasteiger partial charge in [0.15, 0.2) is 0 Å². The summed E-state index contributed by atoms with van der Waals surface area (Å²) in [5.41, 5.74) is 5.70. The predicted molar refractivity (Wildman–Crippen MR) is 117 cm³/mol. The molecule has 0 heteroatoms. The Morgan fingerprint density at radius 3 is 1.96 bits per heavy atom. The van der Waals surface area contributed by atoms with E-state index in [0.29, 0.717) is 0 Å². The lowest BCUT2D eigenvalue weighted by molar-refractivity contribution is 0.667. The van der Waals surface area contributed by atoms with Crippen molar-refractivity contribution in [2.45, 2.75) is 19.3 Å². The molecule has 0 unspecified atom stereocenters. The summed E-state index contributed by atoms with van der Waals surface area (Å²) in [6, 6.07) is 31.4. The Hall–Kier alpha value is -3.12. The quantitative estimate of drug-likeness (QED) is 0.256. The molecule has 5 aromatic carbocycles. The van der Waals surface area contributed by atoms with Gasteiger partial charge in [-0.15, -0.1) is 0 Å². The van der Waals surface area contributed by atoms with Crippen LogP contribution in [0.25, 0.3) is 43.4 Å². The summed E-state index contributed by atoms with van der Waals surface area (Å²) >= 11 is 0. The van der Waals surface area contributed by atoms with Crippen molar-refractivity contribution in [2.75, 3.05) is 0 Å². The van der Waals surface area contributed by atoms with E-state index in [2.05, 4.69) is 98.8 Å². The molecule has 0 aliphatic heterocycles. The van der Waals surface area contributed by atoms with E-state index in [9.17, 15) is 0 Å². The molecule has 0 nitrogen and oxygen atoms in total. The van der Waals surface area contributed by atoms with Gasteiger partial charge < -0.3 is 0 Å². The monoisotopic (exact) mass is 344 g/mol. The van der Waals surface area contributed by atoms with Gasteiger partial charge in [0, 0.05) is 5.41 Å². The van der Waals surface area contributed by atoms with E-state index < -0.39 is 0 Å². The third-order valence-electron chi connectivity index (χ3n) is 6.40. The Labute approximate surface area is 159 Å². The van der Waals surface area contributed by atoms with Gasteiger partial charge in [0.25, 0.3) is 0 Å². The summed E-state index contributed by atoms with van der Waals surface area (Å²) in [6.07, 6.45) is 0. The summed E-state index contributed by atoms with van der Waals surface area (Å²) in [7, 11) is 0. The number of benzene rings is 5. The van der Waals surface area contributed by atoms with E-state index >= 15 is 0 Å². The molecule has 6 rings (SSSR count).